The predicted molar refractivity (Wildman–Crippen MR) is 63.0 cm³/mol. The Morgan fingerprint density at radius 1 is 1.20 bits per heavy atom. The summed E-state index contributed by atoms with van der Waals surface area (Å²) < 4.78 is 5.91. The Kier molecular flexibility index (Phi) is 3.36. The van der Waals surface area contributed by atoms with Gasteiger partial charge in [-0.05, 0) is 58.9 Å². The van der Waals surface area contributed by atoms with E-state index in [1.165, 1.54) is 38.6 Å². The van der Waals surface area contributed by atoms with Crippen LogP contribution < -0.4 is 5.32 Å². The third-order valence-electron chi connectivity index (χ3n) is 3.53. The van der Waals surface area contributed by atoms with Crippen LogP contribution >= 0.6 is 0 Å². The van der Waals surface area contributed by atoms with Crippen molar-refractivity contribution in [3.05, 3.63) is 0 Å². The highest BCUT2D eigenvalue weighted by atomic mass is 16.5. The van der Waals surface area contributed by atoms with Crippen LogP contribution in [0.3, 0.4) is 0 Å². The van der Waals surface area contributed by atoms with Crippen molar-refractivity contribution in [3.63, 3.8) is 0 Å². The van der Waals surface area contributed by atoms with Crippen molar-refractivity contribution in [3.8, 4) is 0 Å². The van der Waals surface area contributed by atoms with E-state index in [1.807, 2.05) is 0 Å². The fourth-order valence-corrected chi connectivity index (χ4v) is 2.36. The second-order valence-electron chi connectivity index (χ2n) is 6.23. The van der Waals surface area contributed by atoms with Gasteiger partial charge in [-0.15, -0.1) is 0 Å². The van der Waals surface area contributed by atoms with Crippen molar-refractivity contribution < 1.29 is 4.74 Å². The van der Waals surface area contributed by atoms with Gasteiger partial charge >= 0.3 is 0 Å². The second-order valence-corrected chi connectivity index (χ2v) is 6.23. The van der Waals surface area contributed by atoms with Gasteiger partial charge in [-0.25, -0.2) is 0 Å². The van der Waals surface area contributed by atoms with Gasteiger partial charge in [0.1, 0.15) is 0 Å². The summed E-state index contributed by atoms with van der Waals surface area (Å²) in [6.07, 6.45) is 7.27. The highest BCUT2D eigenvalue weighted by Gasteiger charge is 2.33. The maximum absolute atomic E-state index is 5.91. The van der Waals surface area contributed by atoms with E-state index in [1.54, 1.807) is 0 Å². The summed E-state index contributed by atoms with van der Waals surface area (Å²) in [6.45, 7) is 7.67. The molecule has 0 aromatic carbocycles. The van der Waals surface area contributed by atoms with Crippen LogP contribution in [0.15, 0.2) is 0 Å². The Bertz CT molecular complexity index is 199. The molecule has 2 nitrogen and oxygen atoms in total. The standard InChI is InChI=1S/C13H25NO/c1-13(2,3)15-12-7-11(8-12)14-9-10-5-4-6-10/h10-12,14H,4-9H2,1-3H3. The Hall–Kier alpha value is -0.0800. The molecule has 0 unspecified atom stereocenters. The van der Waals surface area contributed by atoms with Gasteiger partial charge in [0.2, 0.25) is 0 Å². The van der Waals surface area contributed by atoms with E-state index in [9.17, 15) is 0 Å². The van der Waals surface area contributed by atoms with Crippen molar-refractivity contribution in [2.45, 2.75) is 70.6 Å². The molecule has 0 atom stereocenters. The van der Waals surface area contributed by atoms with Crippen molar-refractivity contribution in [1.29, 1.82) is 0 Å². The Balaban J connectivity index is 1.53. The summed E-state index contributed by atoms with van der Waals surface area (Å²) in [6, 6.07) is 0.734. The molecule has 0 aliphatic heterocycles. The van der Waals surface area contributed by atoms with Crippen LogP contribution in [0.2, 0.25) is 0 Å². The zero-order chi connectivity index (χ0) is 10.9. The summed E-state index contributed by atoms with van der Waals surface area (Å²) in [7, 11) is 0. The molecule has 2 fully saturated rings. The molecule has 0 aromatic rings. The average molecular weight is 211 g/mol. The van der Waals surface area contributed by atoms with Crippen LogP contribution in [0.25, 0.3) is 0 Å². The van der Waals surface area contributed by atoms with Gasteiger partial charge in [0.05, 0.1) is 11.7 Å². The fourth-order valence-electron chi connectivity index (χ4n) is 2.36. The first-order chi connectivity index (χ1) is 7.03. The molecule has 0 spiro atoms. The topological polar surface area (TPSA) is 21.3 Å². The largest absolute Gasteiger partial charge is 0.373 e. The summed E-state index contributed by atoms with van der Waals surface area (Å²) >= 11 is 0. The van der Waals surface area contributed by atoms with E-state index in [-0.39, 0.29) is 5.60 Å². The van der Waals surface area contributed by atoms with Crippen molar-refractivity contribution >= 4 is 0 Å². The Morgan fingerprint density at radius 2 is 1.87 bits per heavy atom. The monoisotopic (exact) mass is 211 g/mol. The summed E-state index contributed by atoms with van der Waals surface area (Å²) in [5.74, 6) is 0.979. The predicted octanol–water partition coefficient (Wildman–Crippen LogP) is 2.72. The van der Waals surface area contributed by atoms with Crippen LogP contribution in [-0.4, -0.2) is 24.3 Å². The Morgan fingerprint density at radius 3 is 2.33 bits per heavy atom. The minimum Gasteiger partial charge on any atom is -0.373 e. The van der Waals surface area contributed by atoms with Crippen LogP contribution in [0.1, 0.15) is 52.9 Å². The lowest BCUT2D eigenvalue weighted by molar-refractivity contribution is -0.103. The molecule has 15 heavy (non-hydrogen) atoms. The van der Waals surface area contributed by atoms with Crippen LogP contribution in [0.5, 0.6) is 0 Å². The van der Waals surface area contributed by atoms with E-state index < -0.39 is 0 Å². The molecule has 2 saturated carbocycles. The third-order valence-corrected chi connectivity index (χ3v) is 3.53. The van der Waals surface area contributed by atoms with Crippen molar-refractivity contribution in [1.82, 2.24) is 5.32 Å². The number of rotatable bonds is 4. The molecule has 0 bridgehead atoms. The second kappa shape index (κ2) is 4.42. The molecule has 2 rings (SSSR count). The van der Waals surface area contributed by atoms with E-state index in [4.69, 9.17) is 4.74 Å². The molecule has 0 heterocycles. The first kappa shape index (κ1) is 11.4. The van der Waals surface area contributed by atoms with Gasteiger partial charge in [0.25, 0.3) is 0 Å². The molecule has 1 N–H and O–H groups in total. The third kappa shape index (κ3) is 3.46. The molecule has 2 aliphatic carbocycles. The molecular formula is C13H25NO. The van der Waals surface area contributed by atoms with Crippen LogP contribution in [0, 0.1) is 5.92 Å². The molecule has 0 aromatic heterocycles. The highest BCUT2D eigenvalue weighted by molar-refractivity contribution is 4.88. The summed E-state index contributed by atoms with van der Waals surface area (Å²) in [5, 5.41) is 3.66. The summed E-state index contributed by atoms with van der Waals surface area (Å²) in [4.78, 5) is 0. The number of hydrogen-bond donors (Lipinski definition) is 1. The van der Waals surface area contributed by atoms with Gasteiger partial charge in [-0.1, -0.05) is 6.42 Å². The fraction of sp³-hybridized carbons (Fsp3) is 1.00. The number of nitrogens with one attached hydrogen (secondary N) is 1. The molecule has 0 radical (unpaired) electrons. The molecule has 88 valence electrons. The van der Waals surface area contributed by atoms with Gasteiger partial charge in [-0.3, -0.25) is 0 Å². The zero-order valence-electron chi connectivity index (χ0n) is 10.4. The van der Waals surface area contributed by atoms with E-state index >= 15 is 0 Å². The Labute approximate surface area is 93.8 Å². The summed E-state index contributed by atoms with van der Waals surface area (Å²) in [5.41, 5.74) is 0.0314. The number of hydrogen-bond acceptors (Lipinski definition) is 2. The van der Waals surface area contributed by atoms with E-state index in [0.29, 0.717) is 6.10 Å². The van der Waals surface area contributed by atoms with Gasteiger partial charge in [0, 0.05) is 6.04 Å². The highest BCUT2D eigenvalue weighted by Crippen LogP contribution is 2.29. The average Bonchev–Trinajstić information content (AvgIpc) is 1.93. The molecule has 2 heteroatoms. The SMILES string of the molecule is CC(C)(C)OC1CC(NCC2CCC2)C1. The maximum Gasteiger partial charge on any atom is 0.0612 e. The minimum atomic E-state index is 0.0314. The van der Waals surface area contributed by atoms with E-state index in [2.05, 4.69) is 26.1 Å². The van der Waals surface area contributed by atoms with Gasteiger partial charge in [-0.2, -0.15) is 0 Å². The van der Waals surface area contributed by atoms with Gasteiger partial charge < -0.3 is 10.1 Å². The lowest BCUT2D eigenvalue weighted by Crippen LogP contribution is -2.49. The van der Waals surface area contributed by atoms with Gasteiger partial charge in [0.15, 0.2) is 0 Å². The van der Waals surface area contributed by atoms with Crippen LogP contribution in [-0.2, 0) is 4.74 Å². The van der Waals surface area contributed by atoms with Crippen molar-refractivity contribution in [2.24, 2.45) is 5.92 Å². The molecule has 0 amide bonds. The smallest absolute Gasteiger partial charge is 0.0612 e. The van der Waals surface area contributed by atoms with E-state index in [0.717, 1.165) is 12.0 Å². The molecule has 2 aliphatic rings. The van der Waals surface area contributed by atoms with Crippen LogP contribution in [0.4, 0.5) is 0 Å². The quantitative estimate of drug-likeness (QED) is 0.772. The lowest BCUT2D eigenvalue weighted by atomic mass is 9.83. The first-order valence-corrected chi connectivity index (χ1v) is 6.44. The minimum absolute atomic E-state index is 0.0314. The zero-order valence-corrected chi connectivity index (χ0v) is 10.4. The lowest BCUT2D eigenvalue weighted by Gasteiger charge is -2.40. The maximum atomic E-state index is 5.91. The molecule has 0 saturated heterocycles. The normalized spacial score (nSPS) is 32.2. The molecular weight excluding hydrogens is 186 g/mol. The van der Waals surface area contributed by atoms with Crippen molar-refractivity contribution in [2.75, 3.05) is 6.54 Å². The first-order valence-electron chi connectivity index (χ1n) is 6.44. The number of ether oxygens (including phenoxy) is 1.